The van der Waals surface area contributed by atoms with Crippen LogP contribution in [0, 0.1) is 6.92 Å². The fraction of sp³-hybridized carbons (Fsp3) is 0.188. The van der Waals surface area contributed by atoms with E-state index < -0.39 is 17.6 Å². The highest BCUT2D eigenvalue weighted by Gasteiger charge is 2.34. The summed E-state index contributed by atoms with van der Waals surface area (Å²) in [5.41, 5.74) is 7.92. The van der Waals surface area contributed by atoms with Crippen LogP contribution in [0.2, 0.25) is 0 Å². The normalized spacial score (nSPS) is 11.5. The number of pyridine rings is 1. The monoisotopic (exact) mass is 558 g/mol. The number of hydrogen-bond acceptors (Lipinski definition) is 4. The fourth-order valence-corrected chi connectivity index (χ4v) is 4.79. The maximum atomic E-state index is 13.5. The molecule has 0 bridgehead atoms. The SMILES string of the molecule is Cc1cc2ccccc2n1CCN(C)C(=O)Cc1cc(-c2cnc(N)c(C(F)(F)F)c2)ccc1Oc1ccccc1. The molecule has 9 heteroatoms. The molecule has 2 N–H and O–H groups in total. The predicted molar refractivity (Wildman–Crippen MR) is 154 cm³/mol. The average Bonchev–Trinajstić information content (AvgIpc) is 3.27. The number of fused-ring (bicyclic) bond motifs is 1. The zero-order valence-electron chi connectivity index (χ0n) is 22.7. The smallest absolute Gasteiger partial charge is 0.419 e. The van der Waals surface area contributed by atoms with Crippen molar-refractivity contribution in [3.8, 4) is 22.6 Å². The van der Waals surface area contributed by atoms with Gasteiger partial charge in [0.15, 0.2) is 0 Å². The number of nitrogens with zero attached hydrogens (tertiary/aromatic N) is 3. The zero-order chi connectivity index (χ0) is 29.1. The number of aryl methyl sites for hydroxylation is 1. The van der Waals surface area contributed by atoms with E-state index in [2.05, 4.69) is 27.8 Å². The summed E-state index contributed by atoms with van der Waals surface area (Å²) in [5, 5.41) is 1.14. The molecule has 2 heterocycles. The molecular formula is C32H29F3N4O2. The first kappa shape index (κ1) is 27.8. The third kappa shape index (κ3) is 6.19. The number of ether oxygens (including phenoxy) is 1. The first-order chi connectivity index (χ1) is 19.6. The Hall–Kier alpha value is -4.79. The summed E-state index contributed by atoms with van der Waals surface area (Å²) >= 11 is 0. The standard InChI is InChI=1S/C32H29F3N4O2/c1-21-16-23-8-6-7-11-28(23)39(21)15-14-38(2)30(40)19-24-17-22(12-13-29(24)41-26-9-4-3-5-10-26)25-18-27(32(33,34)35)31(36)37-20-25/h3-13,16-18,20H,14-15,19H2,1-2H3,(H2,36,37). The molecule has 3 aromatic carbocycles. The molecule has 5 aromatic rings. The number of nitrogens with two attached hydrogens (primary N) is 1. The number of amides is 1. The predicted octanol–water partition coefficient (Wildman–Crippen LogP) is 7.11. The van der Waals surface area contributed by atoms with E-state index in [9.17, 15) is 18.0 Å². The number of halogens is 3. The van der Waals surface area contributed by atoms with Crippen molar-refractivity contribution in [2.24, 2.45) is 0 Å². The highest BCUT2D eigenvalue weighted by Crippen LogP contribution is 2.36. The van der Waals surface area contributed by atoms with E-state index in [1.54, 1.807) is 42.3 Å². The van der Waals surface area contributed by atoms with Gasteiger partial charge in [-0.1, -0.05) is 42.5 Å². The molecule has 41 heavy (non-hydrogen) atoms. The second kappa shape index (κ2) is 11.4. The maximum absolute atomic E-state index is 13.5. The Morgan fingerprint density at radius 2 is 1.71 bits per heavy atom. The highest BCUT2D eigenvalue weighted by atomic mass is 19.4. The summed E-state index contributed by atoms with van der Waals surface area (Å²) < 4.78 is 48.7. The molecule has 0 saturated carbocycles. The number of aromatic nitrogens is 2. The molecule has 0 unspecified atom stereocenters. The lowest BCUT2D eigenvalue weighted by atomic mass is 10.00. The van der Waals surface area contributed by atoms with Crippen LogP contribution in [0.15, 0.2) is 91.1 Å². The van der Waals surface area contributed by atoms with Crippen molar-refractivity contribution in [1.29, 1.82) is 0 Å². The molecule has 0 fully saturated rings. The van der Waals surface area contributed by atoms with Gasteiger partial charge in [0.25, 0.3) is 0 Å². The molecule has 5 rings (SSSR count). The van der Waals surface area contributed by atoms with Crippen LogP contribution >= 0.6 is 0 Å². The Morgan fingerprint density at radius 3 is 2.46 bits per heavy atom. The Kier molecular flexibility index (Phi) is 7.70. The third-order valence-corrected chi connectivity index (χ3v) is 7.03. The number of carbonyl (C=O) groups is 1. The number of nitrogen functional groups attached to an aromatic ring is 1. The Bertz CT molecular complexity index is 1700. The molecule has 0 radical (unpaired) electrons. The Morgan fingerprint density at radius 1 is 0.976 bits per heavy atom. The molecule has 0 aliphatic rings. The number of benzene rings is 3. The van der Waals surface area contributed by atoms with Gasteiger partial charge in [-0.2, -0.15) is 13.2 Å². The van der Waals surface area contributed by atoms with Gasteiger partial charge in [-0.05, 0) is 60.3 Å². The number of carbonyl (C=O) groups excluding carboxylic acids is 1. The summed E-state index contributed by atoms with van der Waals surface area (Å²) in [4.78, 5) is 18.8. The van der Waals surface area contributed by atoms with Crippen molar-refractivity contribution in [3.05, 3.63) is 108 Å². The summed E-state index contributed by atoms with van der Waals surface area (Å²) in [6, 6.07) is 25.2. The molecule has 6 nitrogen and oxygen atoms in total. The number of hydrogen-bond donors (Lipinski definition) is 1. The van der Waals surface area contributed by atoms with Crippen molar-refractivity contribution < 1.29 is 22.7 Å². The van der Waals surface area contributed by atoms with Gasteiger partial charge in [0.2, 0.25) is 5.91 Å². The van der Waals surface area contributed by atoms with Crippen LogP contribution < -0.4 is 10.5 Å². The zero-order valence-corrected chi connectivity index (χ0v) is 22.7. The van der Waals surface area contributed by atoms with Crippen LogP contribution in [-0.2, 0) is 23.9 Å². The van der Waals surface area contributed by atoms with E-state index in [0.717, 1.165) is 22.7 Å². The molecule has 0 spiro atoms. The second-order valence-corrected chi connectivity index (χ2v) is 9.88. The third-order valence-electron chi connectivity index (χ3n) is 7.03. The van der Waals surface area contributed by atoms with Gasteiger partial charge in [0.1, 0.15) is 17.3 Å². The van der Waals surface area contributed by atoms with Crippen LogP contribution in [0.3, 0.4) is 0 Å². The van der Waals surface area contributed by atoms with Gasteiger partial charge in [0, 0.05) is 48.7 Å². The minimum atomic E-state index is -4.64. The first-order valence-corrected chi connectivity index (χ1v) is 13.1. The van der Waals surface area contributed by atoms with Gasteiger partial charge in [-0.25, -0.2) is 4.98 Å². The number of anilines is 1. The first-order valence-electron chi connectivity index (χ1n) is 13.1. The lowest BCUT2D eigenvalue weighted by Gasteiger charge is -2.20. The molecular weight excluding hydrogens is 529 g/mol. The molecule has 0 atom stereocenters. The summed E-state index contributed by atoms with van der Waals surface area (Å²) in [5.74, 6) is 0.271. The number of alkyl halides is 3. The molecule has 0 saturated heterocycles. The number of rotatable bonds is 8. The molecule has 1 amide bonds. The van der Waals surface area contributed by atoms with Gasteiger partial charge in [-0.15, -0.1) is 0 Å². The number of para-hydroxylation sites is 2. The van der Waals surface area contributed by atoms with Crippen molar-refractivity contribution in [3.63, 3.8) is 0 Å². The van der Waals surface area contributed by atoms with Crippen LogP contribution in [0.5, 0.6) is 11.5 Å². The fourth-order valence-electron chi connectivity index (χ4n) is 4.79. The van der Waals surface area contributed by atoms with Crippen molar-refractivity contribution in [2.75, 3.05) is 19.3 Å². The topological polar surface area (TPSA) is 73.4 Å². The number of likely N-dealkylation sites (N-methyl/N-ethyl adjacent to an activating group) is 1. The quantitative estimate of drug-likeness (QED) is 0.220. The van der Waals surface area contributed by atoms with Crippen molar-refractivity contribution in [1.82, 2.24) is 14.5 Å². The Labute approximate surface area is 235 Å². The minimum Gasteiger partial charge on any atom is -0.457 e. The van der Waals surface area contributed by atoms with E-state index in [1.165, 1.54) is 6.20 Å². The molecule has 0 aliphatic carbocycles. The van der Waals surface area contributed by atoms with Crippen LogP contribution in [0.4, 0.5) is 19.0 Å². The molecule has 2 aromatic heterocycles. The second-order valence-electron chi connectivity index (χ2n) is 9.88. The molecule has 210 valence electrons. The van der Waals surface area contributed by atoms with E-state index in [0.29, 0.717) is 35.7 Å². The van der Waals surface area contributed by atoms with E-state index in [4.69, 9.17) is 10.5 Å². The van der Waals surface area contributed by atoms with Gasteiger partial charge in [0.05, 0.1) is 12.0 Å². The van der Waals surface area contributed by atoms with Crippen molar-refractivity contribution >= 4 is 22.6 Å². The summed E-state index contributed by atoms with van der Waals surface area (Å²) in [6.07, 6.45) is -3.36. The lowest BCUT2D eigenvalue weighted by Crippen LogP contribution is -2.31. The molecule has 0 aliphatic heterocycles. The Balaban J connectivity index is 1.41. The van der Waals surface area contributed by atoms with E-state index >= 15 is 0 Å². The minimum absolute atomic E-state index is 0.00750. The van der Waals surface area contributed by atoms with Crippen molar-refractivity contribution in [2.45, 2.75) is 26.1 Å². The largest absolute Gasteiger partial charge is 0.457 e. The summed E-state index contributed by atoms with van der Waals surface area (Å²) in [6.45, 7) is 3.13. The maximum Gasteiger partial charge on any atom is 0.419 e. The van der Waals surface area contributed by atoms with Crippen LogP contribution in [-0.4, -0.2) is 34.0 Å². The van der Waals surface area contributed by atoms with Gasteiger partial charge < -0.3 is 19.9 Å². The van der Waals surface area contributed by atoms with Crippen LogP contribution in [0.1, 0.15) is 16.8 Å². The van der Waals surface area contributed by atoms with Gasteiger partial charge >= 0.3 is 6.18 Å². The summed E-state index contributed by atoms with van der Waals surface area (Å²) in [7, 11) is 1.74. The van der Waals surface area contributed by atoms with E-state index in [1.807, 2.05) is 37.3 Å². The highest BCUT2D eigenvalue weighted by molar-refractivity contribution is 5.82. The van der Waals surface area contributed by atoms with E-state index in [-0.39, 0.29) is 17.9 Å². The van der Waals surface area contributed by atoms with Crippen LogP contribution in [0.25, 0.3) is 22.0 Å². The average molecular weight is 559 g/mol. The van der Waals surface area contributed by atoms with Gasteiger partial charge in [-0.3, -0.25) is 4.79 Å². The lowest BCUT2D eigenvalue weighted by molar-refractivity contribution is -0.137.